The van der Waals surface area contributed by atoms with Crippen LogP contribution in [-0.2, 0) is 6.54 Å². The van der Waals surface area contributed by atoms with Gasteiger partial charge in [0.2, 0.25) is 0 Å². The summed E-state index contributed by atoms with van der Waals surface area (Å²) in [7, 11) is 0. The van der Waals surface area contributed by atoms with Crippen LogP contribution in [0.1, 0.15) is 23.2 Å². The molecule has 1 aliphatic rings. The van der Waals surface area contributed by atoms with Crippen LogP contribution in [0, 0.1) is 13.8 Å². The van der Waals surface area contributed by atoms with Crippen molar-refractivity contribution in [3.8, 4) is 0 Å². The molecule has 1 saturated heterocycles. The molecule has 0 aliphatic carbocycles. The second kappa shape index (κ2) is 6.08. The van der Waals surface area contributed by atoms with Crippen molar-refractivity contribution in [2.45, 2.75) is 33.4 Å². The summed E-state index contributed by atoms with van der Waals surface area (Å²) in [5.41, 5.74) is 3.97. The zero-order valence-corrected chi connectivity index (χ0v) is 14.3. The van der Waals surface area contributed by atoms with E-state index in [2.05, 4.69) is 36.1 Å². The van der Waals surface area contributed by atoms with Crippen molar-refractivity contribution < 1.29 is 0 Å². The summed E-state index contributed by atoms with van der Waals surface area (Å²) >= 11 is 3.74. The van der Waals surface area contributed by atoms with Crippen LogP contribution >= 0.6 is 23.1 Å². The third kappa shape index (κ3) is 2.88. The molecule has 0 aromatic carbocycles. The highest BCUT2D eigenvalue weighted by molar-refractivity contribution is 7.99. The SMILES string of the molecule is Cc1sc2nc(CN3CCSCC3C)nc(NN)c2c1C. The Morgan fingerprint density at radius 1 is 1.38 bits per heavy atom. The maximum atomic E-state index is 5.67. The molecule has 3 heterocycles. The number of nitrogens with zero attached hydrogens (tertiary/aromatic N) is 3. The van der Waals surface area contributed by atoms with Gasteiger partial charge in [-0.2, -0.15) is 11.8 Å². The van der Waals surface area contributed by atoms with Gasteiger partial charge in [0, 0.05) is 29.0 Å². The Kier molecular flexibility index (Phi) is 4.35. The molecule has 1 atom stereocenters. The fourth-order valence-corrected chi connectivity index (χ4v) is 4.78. The van der Waals surface area contributed by atoms with Gasteiger partial charge in [-0.25, -0.2) is 15.8 Å². The molecule has 0 saturated carbocycles. The lowest BCUT2D eigenvalue weighted by Crippen LogP contribution is -2.40. The number of thiophene rings is 1. The molecule has 0 bridgehead atoms. The van der Waals surface area contributed by atoms with E-state index in [1.807, 2.05) is 11.8 Å². The predicted octanol–water partition coefficient (Wildman–Crippen LogP) is 2.53. The van der Waals surface area contributed by atoms with Crippen molar-refractivity contribution in [2.75, 3.05) is 23.5 Å². The first kappa shape index (κ1) is 15.0. The number of fused-ring (bicyclic) bond motifs is 1. The Morgan fingerprint density at radius 2 is 2.19 bits per heavy atom. The van der Waals surface area contributed by atoms with E-state index in [4.69, 9.17) is 10.8 Å². The minimum atomic E-state index is 0.573. The highest BCUT2D eigenvalue weighted by atomic mass is 32.2. The molecule has 5 nitrogen and oxygen atoms in total. The number of nitrogens with one attached hydrogen (secondary N) is 1. The van der Waals surface area contributed by atoms with Gasteiger partial charge in [-0.05, 0) is 26.3 Å². The first-order valence-electron chi connectivity index (χ1n) is 7.15. The van der Waals surface area contributed by atoms with Gasteiger partial charge in [-0.1, -0.05) is 0 Å². The lowest BCUT2D eigenvalue weighted by molar-refractivity contribution is 0.219. The van der Waals surface area contributed by atoms with E-state index in [9.17, 15) is 0 Å². The molecular formula is C14H21N5S2. The van der Waals surface area contributed by atoms with E-state index < -0.39 is 0 Å². The monoisotopic (exact) mass is 323 g/mol. The third-order valence-corrected chi connectivity index (χ3v) is 6.35. The number of hydrazine groups is 1. The molecule has 2 aromatic heterocycles. The summed E-state index contributed by atoms with van der Waals surface area (Å²) in [6, 6.07) is 0.573. The van der Waals surface area contributed by atoms with Crippen molar-refractivity contribution in [1.82, 2.24) is 14.9 Å². The van der Waals surface area contributed by atoms with E-state index in [-0.39, 0.29) is 0 Å². The van der Waals surface area contributed by atoms with Crippen LogP contribution in [0.15, 0.2) is 0 Å². The number of nitrogens with two attached hydrogens (primary N) is 1. The van der Waals surface area contributed by atoms with Crippen LogP contribution in [0.4, 0.5) is 5.82 Å². The van der Waals surface area contributed by atoms with Crippen LogP contribution in [0.2, 0.25) is 0 Å². The number of hydrogen-bond donors (Lipinski definition) is 2. The van der Waals surface area contributed by atoms with E-state index >= 15 is 0 Å². The Hall–Kier alpha value is -0.890. The Bertz CT molecular complexity index is 654. The summed E-state index contributed by atoms with van der Waals surface area (Å²) in [6.07, 6.45) is 0. The Morgan fingerprint density at radius 3 is 2.90 bits per heavy atom. The number of rotatable bonds is 3. The minimum Gasteiger partial charge on any atom is -0.308 e. The Balaban J connectivity index is 1.96. The van der Waals surface area contributed by atoms with Gasteiger partial charge >= 0.3 is 0 Å². The van der Waals surface area contributed by atoms with Gasteiger partial charge in [-0.15, -0.1) is 11.3 Å². The topological polar surface area (TPSA) is 67.1 Å². The van der Waals surface area contributed by atoms with Gasteiger partial charge in [0.05, 0.1) is 11.9 Å². The molecule has 21 heavy (non-hydrogen) atoms. The van der Waals surface area contributed by atoms with Crippen LogP contribution in [0.5, 0.6) is 0 Å². The molecule has 114 valence electrons. The first-order valence-corrected chi connectivity index (χ1v) is 9.12. The molecule has 0 amide bonds. The highest BCUT2D eigenvalue weighted by Gasteiger charge is 2.21. The second-order valence-corrected chi connectivity index (χ2v) is 7.84. The fraction of sp³-hybridized carbons (Fsp3) is 0.571. The molecule has 2 aromatic rings. The standard InChI is InChI=1S/C14H21N5S2/c1-8-7-20-5-4-19(8)6-11-16-13(18-15)12-9(2)10(3)21-14(12)17-11/h8H,4-7,15H2,1-3H3,(H,16,17,18). The molecule has 1 unspecified atom stereocenters. The number of nitrogen functional groups attached to an aromatic ring is 1. The third-order valence-electron chi connectivity index (χ3n) is 4.06. The van der Waals surface area contributed by atoms with E-state index in [1.165, 1.54) is 21.9 Å². The lowest BCUT2D eigenvalue weighted by atomic mass is 10.2. The summed E-state index contributed by atoms with van der Waals surface area (Å²) < 4.78 is 0. The molecule has 0 radical (unpaired) electrons. The summed E-state index contributed by atoms with van der Waals surface area (Å²) in [5.74, 6) is 9.64. The van der Waals surface area contributed by atoms with Gasteiger partial charge in [0.1, 0.15) is 10.7 Å². The molecule has 7 heteroatoms. The number of aromatic nitrogens is 2. The smallest absolute Gasteiger partial charge is 0.152 e. The Labute approximate surface area is 133 Å². The number of thioether (sulfide) groups is 1. The number of anilines is 1. The average molecular weight is 323 g/mol. The average Bonchev–Trinajstić information content (AvgIpc) is 2.76. The normalized spacial score (nSPS) is 20.1. The zero-order valence-electron chi connectivity index (χ0n) is 12.6. The minimum absolute atomic E-state index is 0.573. The number of hydrogen-bond acceptors (Lipinski definition) is 7. The first-order chi connectivity index (χ1) is 10.1. The van der Waals surface area contributed by atoms with Gasteiger partial charge in [-0.3, -0.25) is 4.90 Å². The summed E-state index contributed by atoms with van der Waals surface area (Å²) in [5, 5.41) is 1.06. The van der Waals surface area contributed by atoms with Crippen molar-refractivity contribution in [2.24, 2.45) is 5.84 Å². The molecule has 3 rings (SSSR count). The number of aryl methyl sites for hydroxylation is 2. The maximum Gasteiger partial charge on any atom is 0.152 e. The predicted molar refractivity (Wildman–Crippen MR) is 91.9 cm³/mol. The van der Waals surface area contributed by atoms with Crippen molar-refractivity contribution >= 4 is 39.1 Å². The fourth-order valence-electron chi connectivity index (χ4n) is 2.65. The van der Waals surface area contributed by atoms with Gasteiger partial charge in [0.15, 0.2) is 5.82 Å². The summed E-state index contributed by atoms with van der Waals surface area (Å²) in [4.78, 5) is 14.1. The van der Waals surface area contributed by atoms with Crippen LogP contribution in [0.25, 0.3) is 10.2 Å². The largest absolute Gasteiger partial charge is 0.308 e. The molecular weight excluding hydrogens is 302 g/mol. The second-order valence-electron chi connectivity index (χ2n) is 5.49. The van der Waals surface area contributed by atoms with Crippen molar-refractivity contribution in [1.29, 1.82) is 0 Å². The highest BCUT2D eigenvalue weighted by Crippen LogP contribution is 2.33. The zero-order chi connectivity index (χ0) is 15.0. The van der Waals surface area contributed by atoms with E-state index in [0.29, 0.717) is 6.04 Å². The van der Waals surface area contributed by atoms with Crippen LogP contribution < -0.4 is 11.3 Å². The van der Waals surface area contributed by atoms with Crippen LogP contribution in [0.3, 0.4) is 0 Å². The van der Waals surface area contributed by atoms with Gasteiger partial charge in [0.25, 0.3) is 0 Å². The van der Waals surface area contributed by atoms with Gasteiger partial charge < -0.3 is 5.43 Å². The molecule has 1 fully saturated rings. The summed E-state index contributed by atoms with van der Waals surface area (Å²) in [6.45, 7) is 8.38. The lowest BCUT2D eigenvalue weighted by Gasteiger charge is -2.32. The van der Waals surface area contributed by atoms with Crippen LogP contribution in [-0.4, -0.2) is 39.0 Å². The van der Waals surface area contributed by atoms with Crippen molar-refractivity contribution in [3.05, 3.63) is 16.3 Å². The molecule has 0 spiro atoms. The van der Waals surface area contributed by atoms with E-state index in [0.717, 1.165) is 34.9 Å². The van der Waals surface area contributed by atoms with Crippen molar-refractivity contribution in [3.63, 3.8) is 0 Å². The van der Waals surface area contributed by atoms with E-state index in [1.54, 1.807) is 11.3 Å². The molecule has 3 N–H and O–H groups in total. The quantitative estimate of drug-likeness (QED) is 0.668. The molecule has 1 aliphatic heterocycles. The maximum absolute atomic E-state index is 5.67.